The van der Waals surface area contributed by atoms with Crippen molar-refractivity contribution in [1.82, 2.24) is 20.4 Å². The third kappa shape index (κ3) is 5.31. The van der Waals surface area contributed by atoms with Gasteiger partial charge >= 0.3 is 0 Å². The summed E-state index contributed by atoms with van der Waals surface area (Å²) in [7, 11) is 1.90. The highest BCUT2D eigenvalue weighted by Gasteiger charge is 2.04. The Bertz CT molecular complexity index is 384. The first-order chi connectivity index (χ1) is 8.49. The van der Waals surface area contributed by atoms with Crippen molar-refractivity contribution in [1.29, 1.82) is 0 Å². The Kier molecular flexibility index (Phi) is 5.85. The average molecular weight is 252 g/mol. The molecule has 5 nitrogen and oxygen atoms in total. The maximum absolute atomic E-state index is 11.5. The zero-order valence-electron chi connectivity index (χ0n) is 11.8. The number of amides is 1. The van der Waals surface area contributed by atoms with Crippen LogP contribution >= 0.6 is 0 Å². The molecule has 0 bridgehead atoms. The fourth-order valence-electron chi connectivity index (χ4n) is 1.70. The van der Waals surface area contributed by atoms with Gasteiger partial charge in [-0.15, -0.1) is 0 Å². The van der Waals surface area contributed by atoms with Crippen LogP contribution in [0.15, 0.2) is 6.20 Å². The summed E-state index contributed by atoms with van der Waals surface area (Å²) in [6.07, 6.45) is 2.99. The lowest BCUT2D eigenvalue weighted by molar-refractivity contribution is -0.120. The number of nitrogens with one attached hydrogen (secondary N) is 2. The van der Waals surface area contributed by atoms with Gasteiger partial charge in [0.1, 0.15) is 0 Å². The number of hydrogen-bond donors (Lipinski definition) is 2. The molecule has 5 heteroatoms. The second-order valence-corrected chi connectivity index (χ2v) is 5.05. The van der Waals surface area contributed by atoms with Crippen LogP contribution in [0.3, 0.4) is 0 Å². The largest absolute Gasteiger partial charge is 0.355 e. The Morgan fingerprint density at radius 3 is 2.78 bits per heavy atom. The predicted octanol–water partition coefficient (Wildman–Crippen LogP) is 0.980. The highest BCUT2D eigenvalue weighted by atomic mass is 16.1. The van der Waals surface area contributed by atoms with Gasteiger partial charge in [-0.2, -0.15) is 5.10 Å². The molecular weight excluding hydrogens is 228 g/mol. The molecule has 0 radical (unpaired) electrons. The van der Waals surface area contributed by atoms with Crippen molar-refractivity contribution < 1.29 is 4.79 Å². The molecule has 1 rings (SSSR count). The Morgan fingerprint density at radius 2 is 2.22 bits per heavy atom. The second-order valence-electron chi connectivity index (χ2n) is 5.05. The monoisotopic (exact) mass is 252 g/mol. The maximum Gasteiger partial charge on any atom is 0.233 e. The average Bonchev–Trinajstić information content (AvgIpc) is 2.57. The summed E-state index contributed by atoms with van der Waals surface area (Å²) >= 11 is 0. The van der Waals surface area contributed by atoms with Gasteiger partial charge in [0.25, 0.3) is 0 Å². The van der Waals surface area contributed by atoms with Gasteiger partial charge in [0.05, 0.1) is 12.2 Å². The van der Waals surface area contributed by atoms with Crippen LogP contribution in [0.2, 0.25) is 0 Å². The van der Waals surface area contributed by atoms with Gasteiger partial charge in [-0.3, -0.25) is 9.48 Å². The zero-order chi connectivity index (χ0) is 13.5. The number of aryl methyl sites for hydroxylation is 2. The molecule has 0 aliphatic heterocycles. The first-order valence-corrected chi connectivity index (χ1v) is 6.45. The van der Waals surface area contributed by atoms with E-state index in [1.807, 2.05) is 20.2 Å². The Balaban J connectivity index is 2.17. The van der Waals surface area contributed by atoms with Gasteiger partial charge in [-0.1, -0.05) is 13.8 Å². The standard InChI is InChI=1S/C13H24N4O/c1-10(2)5-6-15-13(18)8-14-7-12-9-17(4)16-11(12)3/h9-10,14H,5-8H2,1-4H3,(H,15,18). The lowest BCUT2D eigenvalue weighted by Crippen LogP contribution is -2.34. The van der Waals surface area contributed by atoms with E-state index < -0.39 is 0 Å². The van der Waals surface area contributed by atoms with Gasteiger partial charge in [0.15, 0.2) is 0 Å². The van der Waals surface area contributed by atoms with E-state index in [2.05, 4.69) is 29.6 Å². The summed E-state index contributed by atoms with van der Waals surface area (Å²) in [5.41, 5.74) is 2.14. The quantitative estimate of drug-likeness (QED) is 0.760. The summed E-state index contributed by atoms with van der Waals surface area (Å²) in [4.78, 5) is 11.5. The molecule has 0 spiro atoms. The van der Waals surface area contributed by atoms with Crippen LogP contribution in [0.5, 0.6) is 0 Å². The van der Waals surface area contributed by atoms with E-state index in [1.54, 1.807) is 4.68 Å². The summed E-state index contributed by atoms with van der Waals surface area (Å²) < 4.78 is 1.79. The van der Waals surface area contributed by atoms with Crippen LogP contribution in [0.25, 0.3) is 0 Å². The second kappa shape index (κ2) is 7.16. The molecule has 1 heterocycles. The normalized spacial score (nSPS) is 10.9. The van der Waals surface area contributed by atoms with Crippen LogP contribution in [0.1, 0.15) is 31.5 Å². The zero-order valence-corrected chi connectivity index (χ0v) is 11.8. The molecule has 0 aromatic carbocycles. The van der Waals surface area contributed by atoms with Crippen molar-refractivity contribution in [3.05, 3.63) is 17.5 Å². The minimum Gasteiger partial charge on any atom is -0.355 e. The van der Waals surface area contributed by atoms with Gasteiger partial charge < -0.3 is 10.6 Å². The molecule has 0 aliphatic rings. The highest BCUT2D eigenvalue weighted by molar-refractivity contribution is 5.77. The SMILES string of the molecule is Cc1nn(C)cc1CNCC(=O)NCCC(C)C. The first-order valence-electron chi connectivity index (χ1n) is 6.45. The third-order valence-electron chi connectivity index (χ3n) is 2.76. The minimum absolute atomic E-state index is 0.0530. The van der Waals surface area contributed by atoms with E-state index in [0.29, 0.717) is 19.0 Å². The van der Waals surface area contributed by atoms with Crippen LogP contribution in [-0.2, 0) is 18.4 Å². The van der Waals surface area contributed by atoms with Gasteiger partial charge in [0, 0.05) is 31.9 Å². The first kappa shape index (κ1) is 14.7. The van der Waals surface area contributed by atoms with Gasteiger partial charge in [-0.05, 0) is 19.3 Å². The van der Waals surface area contributed by atoms with E-state index in [0.717, 1.165) is 24.2 Å². The van der Waals surface area contributed by atoms with Crippen molar-refractivity contribution in [2.45, 2.75) is 33.7 Å². The molecule has 0 aliphatic carbocycles. The molecule has 102 valence electrons. The lowest BCUT2D eigenvalue weighted by atomic mass is 10.1. The summed E-state index contributed by atoms with van der Waals surface area (Å²) in [6.45, 7) is 8.05. The molecule has 0 atom stereocenters. The summed E-state index contributed by atoms with van der Waals surface area (Å²) in [6, 6.07) is 0. The number of aromatic nitrogens is 2. The molecule has 0 unspecified atom stereocenters. The van der Waals surface area contributed by atoms with E-state index in [9.17, 15) is 4.79 Å². The number of carbonyl (C=O) groups excluding carboxylic acids is 1. The van der Waals surface area contributed by atoms with Crippen molar-refractivity contribution in [3.8, 4) is 0 Å². The van der Waals surface area contributed by atoms with Crippen molar-refractivity contribution in [2.75, 3.05) is 13.1 Å². The maximum atomic E-state index is 11.5. The van der Waals surface area contributed by atoms with Crippen LogP contribution < -0.4 is 10.6 Å². The van der Waals surface area contributed by atoms with Crippen LogP contribution in [-0.4, -0.2) is 28.8 Å². The molecule has 0 fully saturated rings. The Morgan fingerprint density at radius 1 is 1.50 bits per heavy atom. The number of carbonyl (C=O) groups is 1. The predicted molar refractivity (Wildman–Crippen MR) is 72.1 cm³/mol. The Hall–Kier alpha value is -1.36. The molecule has 0 saturated heterocycles. The van der Waals surface area contributed by atoms with E-state index in [4.69, 9.17) is 0 Å². The van der Waals surface area contributed by atoms with Crippen molar-refractivity contribution >= 4 is 5.91 Å². The van der Waals surface area contributed by atoms with E-state index >= 15 is 0 Å². The van der Waals surface area contributed by atoms with Gasteiger partial charge in [-0.25, -0.2) is 0 Å². The fraction of sp³-hybridized carbons (Fsp3) is 0.692. The minimum atomic E-state index is 0.0530. The molecule has 2 N–H and O–H groups in total. The van der Waals surface area contributed by atoms with Gasteiger partial charge in [0.2, 0.25) is 5.91 Å². The van der Waals surface area contributed by atoms with Crippen LogP contribution in [0, 0.1) is 12.8 Å². The highest BCUT2D eigenvalue weighted by Crippen LogP contribution is 2.03. The molecule has 1 amide bonds. The smallest absolute Gasteiger partial charge is 0.233 e. The summed E-state index contributed by atoms with van der Waals surface area (Å²) in [5, 5.41) is 10.3. The molecule has 1 aromatic rings. The Labute approximate surface area is 109 Å². The molecular formula is C13H24N4O. The lowest BCUT2D eigenvalue weighted by Gasteiger charge is -2.07. The number of nitrogens with zero attached hydrogens (tertiary/aromatic N) is 2. The molecule has 0 saturated carbocycles. The molecule has 1 aromatic heterocycles. The topological polar surface area (TPSA) is 59.0 Å². The summed E-state index contributed by atoms with van der Waals surface area (Å²) in [5.74, 6) is 0.675. The third-order valence-corrected chi connectivity index (χ3v) is 2.76. The van der Waals surface area contributed by atoms with Crippen molar-refractivity contribution in [2.24, 2.45) is 13.0 Å². The van der Waals surface area contributed by atoms with Crippen molar-refractivity contribution in [3.63, 3.8) is 0 Å². The number of rotatable bonds is 7. The van der Waals surface area contributed by atoms with E-state index in [1.165, 1.54) is 0 Å². The van der Waals surface area contributed by atoms with E-state index in [-0.39, 0.29) is 5.91 Å². The molecule has 18 heavy (non-hydrogen) atoms. The number of hydrogen-bond acceptors (Lipinski definition) is 3. The fourth-order valence-corrected chi connectivity index (χ4v) is 1.70. The van der Waals surface area contributed by atoms with Crippen LogP contribution in [0.4, 0.5) is 0 Å².